The number of rotatable bonds is 6. The van der Waals surface area contributed by atoms with Crippen LogP contribution in [0.15, 0.2) is 79.0 Å². The van der Waals surface area contributed by atoms with Gasteiger partial charge in [-0.15, -0.1) is 0 Å². The molecule has 1 aliphatic heterocycles. The number of aromatic nitrogens is 1. The van der Waals surface area contributed by atoms with Crippen LogP contribution in [-0.4, -0.2) is 39.9 Å². The minimum absolute atomic E-state index is 0.169. The number of carbonyl (C=O) groups is 2. The molecule has 5 rings (SSSR count). The number of amides is 2. The van der Waals surface area contributed by atoms with Crippen LogP contribution in [0.5, 0.6) is 0 Å². The van der Waals surface area contributed by atoms with Crippen molar-refractivity contribution in [2.45, 2.75) is 25.4 Å². The quantitative estimate of drug-likeness (QED) is 0.307. The Kier molecular flexibility index (Phi) is 7.33. The SMILES string of the molecule is O=C(Nc1ccc(C2CCN(C(=O)c3ccc(CO)c(F)c3)CC2)cc1)c1c[nH]c(-c2ccc(F)cc2)c1. The smallest absolute Gasteiger partial charge is 0.257 e. The first-order valence-electron chi connectivity index (χ1n) is 12.5. The Morgan fingerprint density at radius 2 is 1.63 bits per heavy atom. The number of anilines is 1. The maximum absolute atomic E-state index is 14.0. The van der Waals surface area contributed by atoms with Gasteiger partial charge in [0.1, 0.15) is 11.6 Å². The highest BCUT2D eigenvalue weighted by Gasteiger charge is 2.25. The molecular weight excluding hydrogens is 488 g/mol. The van der Waals surface area contributed by atoms with E-state index in [2.05, 4.69) is 10.3 Å². The van der Waals surface area contributed by atoms with E-state index in [-0.39, 0.29) is 34.7 Å². The Hall–Kier alpha value is -4.30. The zero-order chi connectivity index (χ0) is 26.6. The minimum atomic E-state index is -0.578. The fourth-order valence-corrected chi connectivity index (χ4v) is 4.77. The Balaban J connectivity index is 1.16. The second-order valence-corrected chi connectivity index (χ2v) is 9.42. The number of nitrogens with one attached hydrogen (secondary N) is 2. The molecule has 1 saturated heterocycles. The van der Waals surface area contributed by atoms with Crippen molar-refractivity contribution in [1.82, 2.24) is 9.88 Å². The number of halogens is 2. The molecule has 3 aromatic carbocycles. The van der Waals surface area contributed by atoms with Crippen LogP contribution in [0.3, 0.4) is 0 Å². The monoisotopic (exact) mass is 515 g/mol. The normalized spacial score (nSPS) is 13.9. The summed E-state index contributed by atoms with van der Waals surface area (Å²) in [6.07, 6.45) is 3.18. The number of benzene rings is 3. The highest BCUT2D eigenvalue weighted by atomic mass is 19.1. The van der Waals surface area contributed by atoms with Gasteiger partial charge in [-0.3, -0.25) is 9.59 Å². The lowest BCUT2D eigenvalue weighted by Gasteiger charge is -2.32. The lowest BCUT2D eigenvalue weighted by atomic mass is 9.89. The fourth-order valence-electron chi connectivity index (χ4n) is 4.77. The summed E-state index contributed by atoms with van der Waals surface area (Å²) < 4.78 is 27.1. The van der Waals surface area contributed by atoms with E-state index in [0.29, 0.717) is 24.3 Å². The number of carbonyl (C=O) groups excluding carboxylic acids is 2. The van der Waals surface area contributed by atoms with Crippen LogP contribution in [0.25, 0.3) is 11.3 Å². The van der Waals surface area contributed by atoms with Crippen LogP contribution in [0.2, 0.25) is 0 Å². The van der Waals surface area contributed by atoms with Gasteiger partial charge in [0, 0.05) is 41.8 Å². The summed E-state index contributed by atoms with van der Waals surface area (Å²) in [5.74, 6) is -1.08. The Labute approximate surface area is 218 Å². The molecule has 0 saturated carbocycles. The van der Waals surface area contributed by atoms with E-state index in [1.807, 2.05) is 24.3 Å². The topological polar surface area (TPSA) is 85.4 Å². The van der Waals surface area contributed by atoms with Crippen molar-refractivity contribution < 1.29 is 23.5 Å². The van der Waals surface area contributed by atoms with E-state index < -0.39 is 12.4 Å². The zero-order valence-electron chi connectivity index (χ0n) is 20.6. The van der Waals surface area contributed by atoms with E-state index in [9.17, 15) is 18.4 Å². The summed E-state index contributed by atoms with van der Waals surface area (Å²) >= 11 is 0. The van der Waals surface area contributed by atoms with Gasteiger partial charge in [-0.25, -0.2) is 8.78 Å². The molecule has 0 radical (unpaired) electrons. The van der Waals surface area contributed by atoms with Gasteiger partial charge in [-0.1, -0.05) is 18.2 Å². The van der Waals surface area contributed by atoms with Gasteiger partial charge in [0.25, 0.3) is 11.8 Å². The predicted octanol–water partition coefficient (Wildman–Crippen LogP) is 5.72. The summed E-state index contributed by atoms with van der Waals surface area (Å²) in [5.41, 5.74) is 4.24. The molecule has 6 nitrogen and oxygen atoms in total. The minimum Gasteiger partial charge on any atom is -0.392 e. The molecule has 1 aliphatic rings. The average molecular weight is 516 g/mol. The molecule has 4 aromatic rings. The average Bonchev–Trinajstić information content (AvgIpc) is 3.44. The summed E-state index contributed by atoms with van der Waals surface area (Å²) in [6.45, 7) is 0.725. The van der Waals surface area contributed by atoms with Gasteiger partial charge in [0.2, 0.25) is 0 Å². The third kappa shape index (κ3) is 5.50. The van der Waals surface area contributed by atoms with E-state index in [4.69, 9.17) is 5.11 Å². The number of aliphatic hydroxyl groups is 1. The van der Waals surface area contributed by atoms with Crippen LogP contribution in [0.1, 0.15) is 50.6 Å². The molecule has 0 aliphatic carbocycles. The molecule has 0 spiro atoms. The van der Waals surface area contributed by atoms with Gasteiger partial charge in [-0.05, 0) is 84.5 Å². The van der Waals surface area contributed by atoms with Crippen molar-refractivity contribution in [1.29, 1.82) is 0 Å². The number of hydrogen-bond acceptors (Lipinski definition) is 3. The van der Waals surface area contributed by atoms with Crippen molar-refractivity contribution in [2.24, 2.45) is 0 Å². The second-order valence-electron chi connectivity index (χ2n) is 9.42. The number of likely N-dealkylation sites (tertiary alicyclic amines) is 1. The van der Waals surface area contributed by atoms with Crippen molar-refractivity contribution in [3.63, 3.8) is 0 Å². The third-order valence-electron chi connectivity index (χ3n) is 6.99. The molecule has 3 N–H and O–H groups in total. The maximum Gasteiger partial charge on any atom is 0.257 e. The first-order valence-corrected chi connectivity index (χ1v) is 12.5. The van der Waals surface area contributed by atoms with Crippen LogP contribution < -0.4 is 5.32 Å². The fraction of sp³-hybridized carbons (Fsp3) is 0.200. The highest BCUT2D eigenvalue weighted by Crippen LogP contribution is 2.30. The number of nitrogens with zero attached hydrogens (tertiary/aromatic N) is 1. The van der Waals surface area contributed by atoms with E-state index in [0.717, 1.165) is 29.7 Å². The van der Waals surface area contributed by atoms with Crippen LogP contribution >= 0.6 is 0 Å². The molecule has 1 fully saturated rings. The van der Waals surface area contributed by atoms with Gasteiger partial charge in [-0.2, -0.15) is 0 Å². The Bertz CT molecular complexity index is 1440. The van der Waals surface area contributed by atoms with Gasteiger partial charge >= 0.3 is 0 Å². The highest BCUT2D eigenvalue weighted by molar-refractivity contribution is 6.04. The molecule has 0 atom stereocenters. The standard InChI is InChI=1S/C30H27F2N3O3/c31-25-7-3-21(4-8-25)28-16-24(17-33-28)29(37)34-26-9-5-19(6-10-26)20-11-13-35(14-12-20)30(38)22-1-2-23(18-36)27(32)15-22/h1-10,15-17,20,33,36H,11-14,18H2,(H,34,37). The van der Waals surface area contributed by atoms with Crippen molar-refractivity contribution in [3.05, 3.63) is 113 Å². The molecule has 1 aromatic heterocycles. The number of hydrogen-bond donors (Lipinski definition) is 3. The molecule has 2 amide bonds. The molecule has 0 unspecified atom stereocenters. The summed E-state index contributed by atoms with van der Waals surface area (Å²) in [7, 11) is 0. The van der Waals surface area contributed by atoms with Gasteiger partial charge in [0.05, 0.1) is 12.2 Å². The molecule has 0 bridgehead atoms. The second kappa shape index (κ2) is 11.0. The van der Waals surface area contributed by atoms with Gasteiger partial charge in [0.15, 0.2) is 0 Å². The van der Waals surface area contributed by atoms with Gasteiger partial charge < -0.3 is 20.3 Å². The van der Waals surface area contributed by atoms with Crippen LogP contribution in [0, 0.1) is 11.6 Å². The molecule has 2 heterocycles. The van der Waals surface area contributed by atoms with Crippen LogP contribution in [-0.2, 0) is 6.61 Å². The summed E-state index contributed by atoms with van der Waals surface area (Å²) in [6, 6.07) is 19.6. The van der Waals surface area contributed by atoms with Crippen molar-refractivity contribution in [2.75, 3.05) is 18.4 Å². The first-order chi connectivity index (χ1) is 18.4. The number of piperidine rings is 1. The summed E-state index contributed by atoms with van der Waals surface area (Å²) in [4.78, 5) is 30.3. The molecule has 38 heavy (non-hydrogen) atoms. The predicted molar refractivity (Wildman–Crippen MR) is 141 cm³/mol. The lowest BCUT2D eigenvalue weighted by molar-refractivity contribution is 0.0712. The van der Waals surface area contributed by atoms with Crippen molar-refractivity contribution >= 4 is 17.5 Å². The maximum atomic E-state index is 14.0. The largest absolute Gasteiger partial charge is 0.392 e. The zero-order valence-corrected chi connectivity index (χ0v) is 20.6. The Morgan fingerprint density at radius 3 is 2.29 bits per heavy atom. The molecule has 194 valence electrons. The molecular formula is C30H27F2N3O3. The summed E-state index contributed by atoms with van der Waals surface area (Å²) in [5, 5.41) is 12.0. The van der Waals surface area contributed by atoms with Crippen molar-refractivity contribution in [3.8, 4) is 11.3 Å². The third-order valence-corrected chi connectivity index (χ3v) is 6.99. The number of aliphatic hydroxyl groups excluding tert-OH is 1. The number of aromatic amines is 1. The van der Waals surface area contributed by atoms with Crippen LogP contribution in [0.4, 0.5) is 14.5 Å². The first kappa shape index (κ1) is 25.4. The van der Waals surface area contributed by atoms with E-state index in [1.54, 1.807) is 35.4 Å². The van der Waals surface area contributed by atoms with E-state index >= 15 is 0 Å². The van der Waals surface area contributed by atoms with E-state index in [1.165, 1.54) is 24.3 Å². The lowest BCUT2D eigenvalue weighted by Crippen LogP contribution is -2.38. The molecule has 8 heteroatoms. The number of H-pyrrole nitrogens is 1. The Morgan fingerprint density at radius 1 is 0.921 bits per heavy atom.